The largest absolute Gasteiger partial charge is 0.462 e. The number of carbonyl (C=O) groups is 2. The summed E-state index contributed by atoms with van der Waals surface area (Å²) in [5.74, 6) is -0.417. The summed E-state index contributed by atoms with van der Waals surface area (Å²) in [6.07, 6.45) is 4.46. The second kappa shape index (κ2) is 4.97. The van der Waals surface area contributed by atoms with Gasteiger partial charge in [0.25, 0.3) is 0 Å². The van der Waals surface area contributed by atoms with Crippen molar-refractivity contribution >= 4 is 12.3 Å². The quantitative estimate of drug-likeness (QED) is 0.556. The molecule has 1 saturated carbocycles. The van der Waals surface area contributed by atoms with Crippen molar-refractivity contribution < 1.29 is 23.8 Å². The molecule has 3 fully saturated rings. The van der Waals surface area contributed by atoms with E-state index in [4.69, 9.17) is 14.2 Å². The number of esters is 1. The Morgan fingerprint density at radius 1 is 1.33 bits per heavy atom. The molecule has 5 nitrogen and oxygen atoms in total. The van der Waals surface area contributed by atoms with Crippen LogP contribution in [0, 0.1) is 11.8 Å². The third-order valence-corrected chi connectivity index (χ3v) is 4.17. The summed E-state index contributed by atoms with van der Waals surface area (Å²) in [4.78, 5) is 22.4. The smallest absolute Gasteiger partial charge is 0.306 e. The van der Waals surface area contributed by atoms with E-state index >= 15 is 0 Å². The van der Waals surface area contributed by atoms with E-state index in [0.29, 0.717) is 12.8 Å². The first-order valence-corrected chi connectivity index (χ1v) is 6.70. The molecule has 2 saturated heterocycles. The third-order valence-electron chi connectivity index (χ3n) is 4.17. The first-order valence-electron chi connectivity index (χ1n) is 6.70. The summed E-state index contributed by atoms with van der Waals surface area (Å²) >= 11 is 0. The molecule has 0 amide bonds. The summed E-state index contributed by atoms with van der Waals surface area (Å²) in [6, 6.07) is 0. The van der Waals surface area contributed by atoms with Crippen molar-refractivity contribution in [1.29, 1.82) is 0 Å². The number of aldehydes is 1. The van der Waals surface area contributed by atoms with Crippen LogP contribution in [-0.2, 0) is 23.8 Å². The molecule has 5 heteroatoms. The van der Waals surface area contributed by atoms with Gasteiger partial charge in [-0.25, -0.2) is 0 Å². The average Bonchev–Trinajstić information content (AvgIpc) is 2.85. The molecule has 1 aliphatic carbocycles. The van der Waals surface area contributed by atoms with E-state index in [1.54, 1.807) is 0 Å². The van der Waals surface area contributed by atoms with E-state index in [2.05, 4.69) is 0 Å². The molecule has 0 aromatic carbocycles. The summed E-state index contributed by atoms with van der Waals surface area (Å²) in [5, 5.41) is 0. The SMILES string of the molecule is O=CC1[C@H]2CC(=O)OC2C[C@H]1OC1CCCCO1. The van der Waals surface area contributed by atoms with Gasteiger partial charge in [-0.3, -0.25) is 4.79 Å². The van der Waals surface area contributed by atoms with Crippen LogP contribution in [0.3, 0.4) is 0 Å². The summed E-state index contributed by atoms with van der Waals surface area (Å²) in [5.41, 5.74) is 0. The van der Waals surface area contributed by atoms with Crippen LogP contribution in [0.15, 0.2) is 0 Å². The standard InChI is InChI=1S/C13H18O5/c14-7-9-8-5-12(15)17-10(8)6-11(9)18-13-3-1-2-4-16-13/h7-11,13H,1-6H2/t8-,9?,10?,11-,13?/m1/s1. The highest BCUT2D eigenvalue weighted by molar-refractivity contribution is 5.74. The molecule has 0 aromatic rings. The molecule has 5 atom stereocenters. The van der Waals surface area contributed by atoms with Crippen LogP contribution in [-0.4, -0.2) is 37.4 Å². The van der Waals surface area contributed by atoms with Crippen molar-refractivity contribution in [3.63, 3.8) is 0 Å². The van der Waals surface area contributed by atoms with E-state index in [1.165, 1.54) is 0 Å². The van der Waals surface area contributed by atoms with Crippen molar-refractivity contribution in [3.05, 3.63) is 0 Å². The maximum Gasteiger partial charge on any atom is 0.306 e. The van der Waals surface area contributed by atoms with Gasteiger partial charge < -0.3 is 19.0 Å². The highest BCUT2D eigenvalue weighted by atomic mass is 16.7. The van der Waals surface area contributed by atoms with Gasteiger partial charge in [0.2, 0.25) is 0 Å². The minimum atomic E-state index is -0.230. The zero-order valence-corrected chi connectivity index (χ0v) is 10.2. The van der Waals surface area contributed by atoms with E-state index in [0.717, 1.165) is 32.2 Å². The second-order valence-electron chi connectivity index (χ2n) is 5.32. The number of ether oxygens (including phenoxy) is 3. The first kappa shape index (κ1) is 12.1. The molecule has 100 valence electrons. The Labute approximate surface area is 106 Å². The van der Waals surface area contributed by atoms with E-state index < -0.39 is 0 Å². The first-order chi connectivity index (χ1) is 8.78. The Balaban J connectivity index is 1.62. The van der Waals surface area contributed by atoms with Crippen LogP contribution in [0.5, 0.6) is 0 Å². The number of fused-ring (bicyclic) bond motifs is 1. The Bertz CT molecular complexity index is 336. The minimum Gasteiger partial charge on any atom is -0.462 e. The lowest BCUT2D eigenvalue weighted by atomic mass is 9.93. The Morgan fingerprint density at radius 3 is 2.94 bits per heavy atom. The van der Waals surface area contributed by atoms with Gasteiger partial charge in [-0.1, -0.05) is 0 Å². The van der Waals surface area contributed by atoms with Gasteiger partial charge in [-0.15, -0.1) is 0 Å². The van der Waals surface area contributed by atoms with Crippen LogP contribution in [0.4, 0.5) is 0 Å². The lowest BCUT2D eigenvalue weighted by Gasteiger charge is -2.27. The van der Waals surface area contributed by atoms with Crippen LogP contribution in [0.25, 0.3) is 0 Å². The van der Waals surface area contributed by atoms with Crippen LogP contribution < -0.4 is 0 Å². The summed E-state index contributed by atoms with van der Waals surface area (Å²) in [6.45, 7) is 0.727. The number of carbonyl (C=O) groups excluding carboxylic acids is 2. The van der Waals surface area contributed by atoms with E-state index in [-0.39, 0.29) is 36.3 Å². The number of hydrogen-bond donors (Lipinski definition) is 0. The lowest BCUT2D eigenvalue weighted by molar-refractivity contribution is -0.195. The van der Waals surface area contributed by atoms with Crippen molar-refractivity contribution in [3.8, 4) is 0 Å². The fourth-order valence-corrected chi connectivity index (χ4v) is 3.25. The molecule has 18 heavy (non-hydrogen) atoms. The Hall–Kier alpha value is -0.940. The second-order valence-corrected chi connectivity index (χ2v) is 5.32. The fourth-order valence-electron chi connectivity index (χ4n) is 3.25. The van der Waals surface area contributed by atoms with Gasteiger partial charge in [0.05, 0.1) is 12.5 Å². The van der Waals surface area contributed by atoms with Gasteiger partial charge in [0, 0.05) is 24.9 Å². The maximum absolute atomic E-state index is 11.2. The molecule has 0 N–H and O–H groups in total. The van der Waals surface area contributed by atoms with Crippen LogP contribution in [0.2, 0.25) is 0 Å². The van der Waals surface area contributed by atoms with Crippen LogP contribution >= 0.6 is 0 Å². The lowest BCUT2D eigenvalue weighted by Crippen LogP contribution is -2.32. The molecule has 0 aromatic heterocycles. The Kier molecular flexibility index (Phi) is 3.35. The van der Waals surface area contributed by atoms with Gasteiger partial charge in [-0.05, 0) is 19.3 Å². The number of hydrogen-bond acceptors (Lipinski definition) is 5. The van der Waals surface area contributed by atoms with Crippen molar-refractivity contribution in [2.24, 2.45) is 11.8 Å². The monoisotopic (exact) mass is 254 g/mol. The van der Waals surface area contributed by atoms with Crippen molar-refractivity contribution in [2.45, 2.75) is 50.6 Å². The summed E-state index contributed by atoms with van der Waals surface area (Å²) in [7, 11) is 0. The van der Waals surface area contributed by atoms with E-state index in [1.807, 2.05) is 0 Å². The van der Waals surface area contributed by atoms with Gasteiger partial charge in [0.15, 0.2) is 6.29 Å². The normalized spacial score (nSPS) is 43.6. The zero-order valence-electron chi connectivity index (χ0n) is 10.2. The minimum absolute atomic E-state index is 0.00332. The third kappa shape index (κ3) is 2.17. The molecule has 3 aliphatic rings. The fraction of sp³-hybridized carbons (Fsp3) is 0.846. The van der Waals surface area contributed by atoms with Gasteiger partial charge in [0.1, 0.15) is 12.4 Å². The molecular weight excluding hydrogens is 236 g/mol. The van der Waals surface area contributed by atoms with Crippen molar-refractivity contribution in [1.82, 2.24) is 0 Å². The highest BCUT2D eigenvalue weighted by Gasteiger charge is 2.51. The Morgan fingerprint density at radius 2 is 2.22 bits per heavy atom. The topological polar surface area (TPSA) is 61.8 Å². The molecule has 3 unspecified atom stereocenters. The van der Waals surface area contributed by atoms with Crippen molar-refractivity contribution in [2.75, 3.05) is 6.61 Å². The molecular formula is C13H18O5. The zero-order chi connectivity index (χ0) is 12.5. The molecule has 0 bridgehead atoms. The molecule has 2 aliphatic heterocycles. The summed E-state index contributed by atoms with van der Waals surface area (Å²) < 4.78 is 16.6. The molecule has 2 heterocycles. The predicted octanol–water partition coefficient (Wildman–Crippen LogP) is 1.05. The number of rotatable bonds is 3. The average molecular weight is 254 g/mol. The van der Waals surface area contributed by atoms with Crippen LogP contribution in [0.1, 0.15) is 32.1 Å². The maximum atomic E-state index is 11.2. The molecule has 0 spiro atoms. The predicted molar refractivity (Wildman–Crippen MR) is 60.6 cm³/mol. The molecule has 0 radical (unpaired) electrons. The highest BCUT2D eigenvalue weighted by Crippen LogP contribution is 2.42. The van der Waals surface area contributed by atoms with Gasteiger partial charge >= 0.3 is 5.97 Å². The van der Waals surface area contributed by atoms with E-state index in [9.17, 15) is 9.59 Å². The molecule has 3 rings (SSSR count). The van der Waals surface area contributed by atoms with Gasteiger partial charge in [-0.2, -0.15) is 0 Å².